The predicted octanol–water partition coefficient (Wildman–Crippen LogP) is 2.89. The molecule has 0 saturated heterocycles. The van der Waals surface area contributed by atoms with E-state index in [1.165, 1.54) is 0 Å². The molecule has 1 heterocycles. The Hall–Kier alpha value is -1.08. The van der Waals surface area contributed by atoms with Crippen LogP contribution in [0.25, 0.3) is 0 Å². The molecule has 0 spiro atoms. The zero-order chi connectivity index (χ0) is 14.4. The predicted molar refractivity (Wildman–Crippen MR) is 73.1 cm³/mol. The van der Waals surface area contributed by atoms with Gasteiger partial charge in [0.1, 0.15) is 10.5 Å². The van der Waals surface area contributed by atoms with Crippen molar-refractivity contribution in [2.45, 2.75) is 37.8 Å². The van der Waals surface area contributed by atoms with Gasteiger partial charge in [0.2, 0.25) is 0 Å². The summed E-state index contributed by atoms with van der Waals surface area (Å²) in [5, 5.41) is 0. The molecule has 0 atom stereocenters. The van der Waals surface area contributed by atoms with E-state index in [4.69, 9.17) is 4.74 Å². The molecule has 1 aromatic rings. The number of ether oxygens (including phenoxy) is 1. The summed E-state index contributed by atoms with van der Waals surface area (Å²) in [5.41, 5.74) is -0.154. The summed E-state index contributed by atoms with van der Waals surface area (Å²) in [6, 6.07) is 5.05. The highest BCUT2D eigenvalue weighted by Crippen LogP contribution is 2.36. The first-order valence-electron chi connectivity index (χ1n) is 5.66. The van der Waals surface area contributed by atoms with E-state index in [1.807, 2.05) is 0 Å². The standard InChI is InChI=1S/C12H14BrNO4S/c1-12(2,3)18-11(15)14-7-8-5-4-6-9(13)10(8)19(14,16)17/h4-6H,7H2,1-3H3. The van der Waals surface area contributed by atoms with Gasteiger partial charge in [-0.15, -0.1) is 0 Å². The summed E-state index contributed by atoms with van der Waals surface area (Å²) in [6.07, 6.45) is -0.851. The van der Waals surface area contributed by atoms with Gasteiger partial charge < -0.3 is 4.74 Å². The van der Waals surface area contributed by atoms with Crippen molar-refractivity contribution in [2.75, 3.05) is 0 Å². The van der Waals surface area contributed by atoms with E-state index in [-0.39, 0.29) is 11.4 Å². The minimum absolute atomic E-state index is 0.00597. The van der Waals surface area contributed by atoms with Crippen molar-refractivity contribution in [3.63, 3.8) is 0 Å². The van der Waals surface area contributed by atoms with Gasteiger partial charge in [0.25, 0.3) is 10.0 Å². The van der Waals surface area contributed by atoms with Crippen LogP contribution >= 0.6 is 15.9 Å². The number of carbonyl (C=O) groups excluding carboxylic acids is 1. The van der Waals surface area contributed by atoms with Crippen LogP contribution in [0.2, 0.25) is 0 Å². The molecule has 104 valence electrons. The highest BCUT2D eigenvalue weighted by atomic mass is 79.9. The first-order chi connectivity index (χ1) is 8.63. The Morgan fingerprint density at radius 3 is 2.53 bits per heavy atom. The summed E-state index contributed by atoms with van der Waals surface area (Å²) in [7, 11) is -3.84. The Balaban J connectivity index is 2.40. The minimum Gasteiger partial charge on any atom is -0.443 e. The third-order valence-electron chi connectivity index (χ3n) is 2.51. The highest BCUT2D eigenvalue weighted by Gasteiger charge is 2.41. The van der Waals surface area contributed by atoms with Crippen molar-refractivity contribution in [2.24, 2.45) is 0 Å². The van der Waals surface area contributed by atoms with Crippen molar-refractivity contribution in [3.8, 4) is 0 Å². The molecule has 0 radical (unpaired) electrons. The Bertz CT molecular complexity index is 634. The number of hydrogen-bond acceptors (Lipinski definition) is 4. The van der Waals surface area contributed by atoms with Crippen LogP contribution in [0.3, 0.4) is 0 Å². The zero-order valence-electron chi connectivity index (χ0n) is 10.8. The lowest BCUT2D eigenvalue weighted by Crippen LogP contribution is -2.37. The van der Waals surface area contributed by atoms with Crippen LogP contribution in [-0.2, 0) is 21.3 Å². The number of hydrogen-bond donors (Lipinski definition) is 0. The maximum atomic E-state index is 12.3. The molecular formula is C12H14BrNO4S. The molecule has 0 fully saturated rings. The van der Waals surface area contributed by atoms with Crippen LogP contribution < -0.4 is 0 Å². The van der Waals surface area contributed by atoms with Gasteiger partial charge in [-0.1, -0.05) is 12.1 Å². The normalized spacial score (nSPS) is 17.2. The lowest BCUT2D eigenvalue weighted by atomic mass is 10.2. The van der Waals surface area contributed by atoms with Crippen LogP contribution in [0.1, 0.15) is 26.3 Å². The number of amides is 1. The van der Waals surface area contributed by atoms with E-state index in [9.17, 15) is 13.2 Å². The van der Waals surface area contributed by atoms with Crippen LogP contribution in [0.15, 0.2) is 27.6 Å². The Morgan fingerprint density at radius 1 is 1.37 bits per heavy atom. The van der Waals surface area contributed by atoms with Gasteiger partial charge in [-0.05, 0) is 48.3 Å². The maximum absolute atomic E-state index is 12.3. The van der Waals surface area contributed by atoms with Crippen molar-refractivity contribution in [3.05, 3.63) is 28.2 Å². The van der Waals surface area contributed by atoms with Gasteiger partial charge in [-0.2, -0.15) is 4.31 Å². The molecule has 5 nitrogen and oxygen atoms in total. The zero-order valence-corrected chi connectivity index (χ0v) is 13.2. The summed E-state index contributed by atoms with van der Waals surface area (Å²) >= 11 is 3.20. The van der Waals surface area contributed by atoms with Gasteiger partial charge in [-0.3, -0.25) is 0 Å². The molecule has 0 N–H and O–H groups in total. The molecule has 7 heteroatoms. The van der Waals surface area contributed by atoms with E-state index in [1.54, 1.807) is 39.0 Å². The molecule has 1 aliphatic rings. The summed E-state index contributed by atoms with van der Waals surface area (Å²) < 4.78 is 31.0. The summed E-state index contributed by atoms with van der Waals surface area (Å²) in [6.45, 7) is 5.08. The molecule has 0 saturated carbocycles. The van der Waals surface area contributed by atoms with Crippen LogP contribution in [0, 0.1) is 0 Å². The van der Waals surface area contributed by atoms with Crippen LogP contribution in [-0.4, -0.2) is 24.4 Å². The molecule has 0 aliphatic carbocycles. The van der Waals surface area contributed by atoms with Crippen molar-refractivity contribution < 1.29 is 17.9 Å². The number of benzene rings is 1. The molecule has 0 bridgehead atoms. The maximum Gasteiger partial charge on any atom is 0.424 e. The second-order valence-electron chi connectivity index (χ2n) is 5.22. The fraction of sp³-hybridized carbons (Fsp3) is 0.417. The van der Waals surface area contributed by atoms with E-state index < -0.39 is 21.7 Å². The fourth-order valence-electron chi connectivity index (χ4n) is 1.79. The molecular weight excluding hydrogens is 334 g/mol. The quantitative estimate of drug-likeness (QED) is 0.723. The first kappa shape index (κ1) is 14.3. The first-order valence-corrected chi connectivity index (χ1v) is 7.89. The molecule has 19 heavy (non-hydrogen) atoms. The van der Waals surface area contributed by atoms with Crippen LogP contribution in [0.5, 0.6) is 0 Å². The Kier molecular flexibility index (Phi) is 3.38. The summed E-state index contributed by atoms with van der Waals surface area (Å²) in [4.78, 5) is 12.1. The third kappa shape index (κ3) is 2.62. The molecule has 1 aromatic carbocycles. The number of rotatable bonds is 0. The molecule has 1 amide bonds. The second kappa shape index (κ2) is 4.49. The monoisotopic (exact) mass is 347 g/mol. The summed E-state index contributed by atoms with van der Waals surface area (Å²) in [5.74, 6) is 0. The number of halogens is 1. The topological polar surface area (TPSA) is 63.7 Å². The number of fused-ring (bicyclic) bond motifs is 1. The van der Waals surface area contributed by atoms with Gasteiger partial charge in [0.15, 0.2) is 0 Å². The molecule has 0 unspecified atom stereocenters. The fourth-order valence-corrected chi connectivity index (χ4v) is 4.35. The lowest BCUT2D eigenvalue weighted by molar-refractivity contribution is 0.0388. The smallest absolute Gasteiger partial charge is 0.424 e. The SMILES string of the molecule is CC(C)(C)OC(=O)N1Cc2cccc(Br)c2S1(=O)=O. The van der Waals surface area contributed by atoms with E-state index in [2.05, 4.69) is 15.9 Å². The minimum atomic E-state index is -3.84. The molecule has 2 rings (SSSR count). The molecule has 1 aliphatic heterocycles. The largest absolute Gasteiger partial charge is 0.443 e. The average molecular weight is 348 g/mol. The Morgan fingerprint density at radius 2 is 2.00 bits per heavy atom. The third-order valence-corrected chi connectivity index (χ3v) is 5.29. The van der Waals surface area contributed by atoms with Crippen molar-refractivity contribution in [1.29, 1.82) is 0 Å². The van der Waals surface area contributed by atoms with Crippen molar-refractivity contribution >= 4 is 32.0 Å². The lowest BCUT2D eigenvalue weighted by Gasteiger charge is -2.23. The number of nitrogens with zero attached hydrogens (tertiary/aromatic N) is 1. The highest BCUT2D eigenvalue weighted by molar-refractivity contribution is 9.10. The van der Waals surface area contributed by atoms with E-state index >= 15 is 0 Å². The Labute approximate surface area is 120 Å². The number of carbonyl (C=O) groups is 1. The average Bonchev–Trinajstić information content (AvgIpc) is 2.49. The van der Waals surface area contributed by atoms with Gasteiger partial charge in [-0.25, -0.2) is 13.2 Å². The van der Waals surface area contributed by atoms with Gasteiger partial charge in [0, 0.05) is 4.47 Å². The van der Waals surface area contributed by atoms with E-state index in [0.717, 1.165) is 4.31 Å². The van der Waals surface area contributed by atoms with Gasteiger partial charge in [0.05, 0.1) is 6.54 Å². The second-order valence-corrected chi connectivity index (χ2v) is 7.87. The number of sulfonamides is 1. The van der Waals surface area contributed by atoms with E-state index in [0.29, 0.717) is 10.0 Å². The van der Waals surface area contributed by atoms with Crippen LogP contribution in [0.4, 0.5) is 4.79 Å². The van der Waals surface area contributed by atoms with Crippen molar-refractivity contribution in [1.82, 2.24) is 4.31 Å². The molecule has 0 aromatic heterocycles. The van der Waals surface area contributed by atoms with Gasteiger partial charge >= 0.3 is 6.09 Å².